The Labute approximate surface area is 339 Å². The van der Waals surface area contributed by atoms with Crippen molar-refractivity contribution in [3.05, 3.63) is 158 Å². The second-order valence-corrected chi connectivity index (χ2v) is 17.0. The van der Waals surface area contributed by atoms with E-state index in [1.165, 1.54) is 33.9 Å². The molecule has 0 amide bonds. The molecule has 3 aliphatic heterocycles. The van der Waals surface area contributed by atoms with Crippen LogP contribution in [0.4, 0.5) is 0 Å². The second-order valence-electron chi connectivity index (χ2n) is 17.0. The van der Waals surface area contributed by atoms with Gasteiger partial charge in [0.05, 0.1) is 12.0 Å². The molecule has 1 saturated carbocycles. The monoisotopic (exact) mass is 772 g/mol. The van der Waals surface area contributed by atoms with Crippen LogP contribution in [0, 0.1) is 17.8 Å². The number of ether oxygens (including phenoxy) is 3. The highest BCUT2D eigenvalue weighted by Crippen LogP contribution is 2.50. The van der Waals surface area contributed by atoms with Crippen LogP contribution in [0.3, 0.4) is 0 Å². The fourth-order valence-electron chi connectivity index (χ4n) is 9.85. The van der Waals surface area contributed by atoms with Gasteiger partial charge in [-0.2, -0.15) is 0 Å². The summed E-state index contributed by atoms with van der Waals surface area (Å²) in [6.45, 7) is 5.69. The van der Waals surface area contributed by atoms with E-state index in [9.17, 15) is 14.4 Å². The van der Waals surface area contributed by atoms with Crippen molar-refractivity contribution in [3.63, 3.8) is 0 Å². The van der Waals surface area contributed by atoms with Crippen molar-refractivity contribution in [2.24, 2.45) is 5.92 Å². The van der Waals surface area contributed by atoms with E-state index in [2.05, 4.69) is 78.6 Å². The fourth-order valence-corrected chi connectivity index (χ4v) is 9.85. The molecule has 9 rings (SSSR count). The van der Waals surface area contributed by atoms with Crippen LogP contribution in [0.15, 0.2) is 117 Å². The topological polar surface area (TPSA) is 92.0 Å². The largest absolute Gasteiger partial charge is 0.482 e. The van der Waals surface area contributed by atoms with E-state index >= 15 is 0 Å². The van der Waals surface area contributed by atoms with Gasteiger partial charge in [-0.1, -0.05) is 90.2 Å². The second kappa shape index (κ2) is 15.5. The molecule has 6 atom stereocenters. The summed E-state index contributed by atoms with van der Waals surface area (Å²) >= 11 is 0. The zero-order valence-corrected chi connectivity index (χ0v) is 33.3. The van der Waals surface area contributed by atoms with Gasteiger partial charge in [-0.3, -0.25) is 4.79 Å². The summed E-state index contributed by atoms with van der Waals surface area (Å²) in [5.74, 6) is 6.70. The van der Waals surface area contributed by atoms with E-state index < -0.39 is 35.4 Å². The number of carbonyl (C=O) groups is 2. The molecule has 7 heteroatoms. The van der Waals surface area contributed by atoms with Crippen molar-refractivity contribution >= 4 is 22.9 Å². The normalized spacial score (nSPS) is 25.4. The zero-order chi connectivity index (χ0) is 40.0. The van der Waals surface area contributed by atoms with Crippen LogP contribution in [-0.4, -0.2) is 23.6 Å². The van der Waals surface area contributed by atoms with Crippen LogP contribution in [-0.2, 0) is 38.3 Å². The smallest absolute Gasteiger partial charge is 0.336 e. The summed E-state index contributed by atoms with van der Waals surface area (Å²) < 4.78 is 25.7. The highest BCUT2D eigenvalue weighted by Gasteiger charge is 2.53. The third-order valence-electron chi connectivity index (χ3n) is 12.8. The number of hydrogen-bond acceptors (Lipinski definition) is 7. The van der Waals surface area contributed by atoms with Gasteiger partial charge in [-0.15, -0.1) is 0 Å². The first-order chi connectivity index (χ1) is 28.1. The number of hydrogen-bond donors (Lipinski definition) is 0. The summed E-state index contributed by atoms with van der Waals surface area (Å²) in [6, 6.07) is 32.8. The maximum atomic E-state index is 14.7. The molecule has 5 aromatic rings. The molecule has 294 valence electrons. The Morgan fingerprint density at radius 1 is 0.828 bits per heavy atom. The molecule has 0 spiro atoms. The number of carbonyl (C=O) groups excluding carboxylic acids is 2. The van der Waals surface area contributed by atoms with Gasteiger partial charge in [0.15, 0.2) is 17.8 Å². The van der Waals surface area contributed by atoms with E-state index in [4.69, 9.17) is 18.6 Å². The summed E-state index contributed by atoms with van der Waals surface area (Å²) in [7, 11) is 0. The zero-order valence-electron chi connectivity index (χ0n) is 33.3. The van der Waals surface area contributed by atoms with Gasteiger partial charge in [-0.05, 0) is 129 Å². The first-order valence-electron chi connectivity index (χ1n) is 20.6. The van der Waals surface area contributed by atoms with E-state index in [0.717, 1.165) is 36.8 Å². The van der Waals surface area contributed by atoms with Crippen LogP contribution in [0.5, 0.6) is 5.75 Å². The van der Waals surface area contributed by atoms with E-state index in [1.54, 1.807) is 12.1 Å². The Hall–Kier alpha value is -5.87. The van der Waals surface area contributed by atoms with Crippen LogP contribution in [0.1, 0.15) is 116 Å². The third-order valence-corrected chi connectivity index (χ3v) is 12.8. The molecule has 1 fully saturated rings. The number of fused-ring (bicyclic) bond motifs is 9. The number of allylic oxidation sites excluding steroid dienone is 1. The minimum Gasteiger partial charge on any atom is -0.482 e. The molecule has 0 radical (unpaired) electrons. The van der Waals surface area contributed by atoms with Gasteiger partial charge in [0, 0.05) is 29.9 Å². The lowest BCUT2D eigenvalue weighted by atomic mass is 9.67. The molecule has 4 heterocycles. The molecule has 58 heavy (non-hydrogen) atoms. The fraction of sp³-hybridized carbons (Fsp3) is 0.353. The minimum atomic E-state index is -1.21. The molecule has 1 aromatic heterocycles. The van der Waals surface area contributed by atoms with Gasteiger partial charge in [0.2, 0.25) is 0 Å². The SMILES string of the molecule is CC(C)=C1CCc2ccc3c(c2)CC#CC[C@@]2(C)Oc4ccc5ccc(=O)oc5c4[C@@H](OC(=O)C[C@@H]4C[C@@H](c5cccc(Cc6ccccc6)c5)CC[C@@H]34)[C@@H]2OC1=O. The number of benzene rings is 4. The van der Waals surface area contributed by atoms with Crippen LogP contribution in [0.25, 0.3) is 11.0 Å². The lowest BCUT2D eigenvalue weighted by Crippen LogP contribution is -2.54. The number of rotatable bonds is 3. The molecule has 5 bridgehead atoms. The lowest BCUT2D eigenvalue weighted by molar-refractivity contribution is -0.190. The average molecular weight is 773 g/mol. The highest BCUT2D eigenvalue weighted by molar-refractivity contribution is 5.90. The van der Waals surface area contributed by atoms with E-state index in [0.29, 0.717) is 41.5 Å². The van der Waals surface area contributed by atoms with Gasteiger partial charge < -0.3 is 18.6 Å². The summed E-state index contributed by atoms with van der Waals surface area (Å²) in [5.41, 5.74) is 7.65. The van der Waals surface area contributed by atoms with Crippen molar-refractivity contribution < 1.29 is 28.2 Å². The van der Waals surface area contributed by atoms with Gasteiger partial charge in [0.1, 0.15) is 11.3 Å². The van der Waals surface area contributed by atoms with Crippen LogP contribution < -0.4 is 10.4 Å². The third kappa shape index (κ3) is 7.37. The summed E-state index contributed by atoms with van der Waals surface area (Å²) in [6.07, 6.45) is 3.40. The highest BCUT2D eigenvalue weighted by atomic mass is 16.6. The molecule has 4 aromatic carbocycles. The van der Waals surface area contributed by atoms with E-state index in [1.807, 2.05) is 32.9 Å². The van der Waals surface area contributed by atoms with Gasteiger partial charge >= 0.3 is 17.6 Å². The Morgan fingerprint density at radius 2 is 1.66 bits per heavy atom. The predicted octanol–water partition coefficient (Wildman–Crippen LogP) is 10.0. The van der Waals surface area contributed by atoms with Gasteiger partial charge in [-0.25, -0.2) is 9.59 Å². The molecule has 0 saturated heterocycles. The molecular weight excluding hydrogens is 725 g/mol. The lowest BCUT2D eigenvalue weighted by Gasteiger charge is -2.45. The average Bonchev–Trinajstić information content (AvgIpc) is 3.20. The van der Waals surface area contributed by atoms with Gasteiger partial charge in [0.25, 0.3) is 0 Å². The van der Waals surface area contributed by atoms with Crippen molar-refractivity contribution in [3.8, 4) is 17.6 Å². The van der Waals surface area contributed by atoms with E-state index in [-0.39, 0.29) is 36.2 Å². The molecular formula is C51H48O7. The maximum absolute atomic E-state index is 14.7. The molecule has 1 aliphatic carbocycles. The van der Waals surface area contributed by atoms with Crippen molar-refractivity contribution in [1.82, 2.24) is 0 Å². The molecule has 0 N–H and O–H groups in total. The Kier molecular flexibility index (Phi) is 10.1. The van der Waals surface area contributed by atoms with Crippen LogP contribution in [0.2, 0.25) is 0 Å². The number of aryl methyl sites for hydroxylation is 1. The van der Waals surface area contributed by atoms with Crippen molar-refractivity contribution in [1.29, 1.82) is 0 Å². The predicted molar refractivity (Wildman–Crippen MR) is 223 cm³/mol. The first kappa shape index (κ1) is 37.7. The van der Waals surface area contributed by atoms with Crippen molar-refractivity contribution in [2.75, 3.05) is 0 Å². The summed E-state index contributed by atoms with van der Waals surface area (Å²) in [4.78, 5) is 41.8. The maximum Gasteiger partial charge on any atom is 0.336 e. The quantitative estimate of drug-likeness (QED) is 0.0781. The molecule has 4 aliphatic rings. The van der Waals surface area contributed by atoms with Crippen molar-refractivity contribution in [2.45, 2.75) is 108 Å². The Morgan fingerprint density at radius 3 is 2.50 bits per heavy atom. The Balaban J connectivity index is 1.17. The molecule has 7 nitrogen and oxygen atoms in total. The molecule has 0 unspecified atom stereocenters. The Bertz CT molecular complexity index is 2570. The summed E-state index contributed by atoms with van der Waals surface area (Å²) in [5, 5.41) is 0.637. The standard InChI is InChI=1S/C51H48O7/c1-31(2)40-20-15-33-16-21-41-38(27-33)13-7-8-25-51(3)49(57-50(40)54)48(46-43(58-51)23-18-35-19-24-44(52)55-47(35)46)56-45(53)30-39-29-37(17-22-42(39)41)36-14-9-12-34(28-36)26-32-10-5-4-6-11-32/h4-6,9-12,14,16,18-19,21,23-24,27-28,37,39,42,48-49H,13,15,17,20,22,25-26,29-30H2,1-3H3/t37-,39-,42+,48+,49-,51+/m0/s1. The first-order valence-corrected chi connectivity index (χ1v) is 20.6. The minimum absolute atomic E-state index is 0.0353. The number of esters is 2. The van der Waals surface area contributed by atoms with Crippen LogP contribution >= 0.6 is 0 Å².